The minimum absolute atomic E-state index is 0.0126. The first-order chi connectivity index (χ1) is 6.86. The van der Waals surface area contributed by atoms with Gasteiger partial charge in [-0.05, 0) is 12.0 Å². The van der Waals surface area contributed by atoms with Crippen LogP contribution >= 0.6 is 11.8 Å². The molecular formula is C10H10N2OS. The van der Waals surface area contributed by atoms with E-state index in [1.54, 1.807) is 5.55 Å². The molecule has 1 aromatic carbocycles. The molecule has 0 spiro atoms. The van der Waals surface area contributed by atoms with Crippen LogP contribution in [0.2, 0.25) is 0 Å². The molecule has 1 aliphatic rings. The van der Waals surface area contributed by atoms with Crippen LogP contribution in [0.3, 0.4) is 0 Å². The normalized spacial score (nSPS) is 20.6. The van der Waals surface area contributed by atoms with Gasteiger partial charge >= 0.3 is 0 Å². The molecule has 14 heavy (non-hydrogen) atoms. The number of carbonyl (C=O) groups is 1. The first-order valence-electron chi connectivity index (χ1n) is 4.37. The second-order valence-electron chi connectivity index (χ2n) is 3.03. The lowest BCUT2D eigenvalue weighted by Gasteiger charge is -2.15. The standard InChI is InChI=1S/C10H10N2OS/c13-10-9(14-7-11-12-10)6-8-4-2-1-3-5-8/h1-5,7,9H,6H2,(H,12,13). The Bertz CT molecular complexity index is 350. The Morgan fingerprint density at radius 2 is 2.14 bits per heavy atom. The number of carbonyl (C=O) groups excluding carboxylic acids is 1. The van der Waals surface area contributed by atoms with Crippen LogP contribution in [0.1, 0.15) is 5.56 Å². The van der Waals surface area contributed by atoms with Crippen molar-refractivity contribution in [1.29, 1.82) is 0 Å². The Hall–Kier alpha value is -1.29. The van der Waals surface area contributed by atoms with E-state index in [1.165, 1.54) is 17.3 Å². The van der Waals surface area contributed by atoms with E-state index < -0.39 is 0 Å². The molecule has 4 heteroatoms. The number of benzene rings is 1. The molecule has 72 valence electrons. The highest BCUT2D eigenvalue weighted by Gasteiger charge is 2.20. The summed E-state index contributed by atoms with van der Waals surface area (Å²) in [4.78, 5) is 11.4. The van der Waals surface area contributed by atoms with Crippen LogP contribution in [-0.2, 0) is 11.2 Å². The van der Waals surface area contributed by atoms with Crippen molar-refractivity contribution < 1.29 is 4.79 Å². The summed E-state index contributed by atoms with van der Waals surface area (Å²) in [6.07, 6.45) is 0.753. The maximum atomic E-state index is 11.4. The monoisotopic (exact) mass is 206 g/mol. The largest absolute Gasteiger partial charge is 0.272 e. The summed E-state index contributed by atoms with van der Waals surface area (Å²) in [7, 11) is 0. The summed E-state index contributed by atoms with van der Waals surface area (Å²) in [5, 5.41) is 3.64. The van der Waals surface area contributed by atoms with Crippen LogP contribution in [0, 0.1) is 0 Å². The molecule has 0 saturated heterocycles. The van der Waals surface area contributed by atoms with E-state index in [0.717, 1.165) is 6.42 Å². The fraction of sp³-hybridized carbons (Fsp3) is 0.200. The summed E-state index contributed by atoms with van der Waals surface area (Å²) in [5.74, 6) is -0.0126. The second-order valence-corrected chi connectivity index (χ2v) is 4.08. The molecule has 0 bridgehead atoms. The van der Waals surface area contributed by atoms with Crippen LogP contribution in [0.5, 0.6) is 0 Å². The van der Waals surface area contributed by atoms with Gasteiger partial charge < -0.3 is 0 Å². The van der Waals surface area contributed by atoms with Crippen molar-refractivity contribution >= 4 is 23.2 Å². The molecular weight excluding hydrogens is 196 g/mol. The van der Waals surface area contributed by atoms with Crippen molar-refractivity contribution in [2.45, 2.75) is 11.7 Å². The smallest absolute Gasteiger partial charge is 0.253 e. The highest BCUT2D eigenvalue weighted by molar-refractivity contribution is 8.13. The fourth-order valence-corrected chi connectivity index (χ4v) is 2.02. The maximum absolute atomic E-state index is 11.4. The third kappa shape index (κ3) is 2.14. The summed E-state index contributed by atoms with van der Waals surface area (Å²) in [6, 6.07) is 9.99. The predicted molar refractivity (Wildman–Crippen MR) is 58.2 cm³/mol. The molecule has 1 N–H and O–H groups in total. The number of rotatable bonds is 2. The first-order valence-corrected chi connectivity index (χ1v) is 5.31. The zero-order valence-electron chi connectivity index (χ0n) is 7.51. The van der Waals surface area contributed by atoms with E-state index in [-0.39, 0.29) is 11.2 Å². The average Bonchev–Trinajstić information content (AvgIpc) is 2.23. The molecule has 0 radical (unpaired) electrons. The summed E-state index contributed by atoms with van der Waals surface area (Å²) >= 11 is 1.46. The molecule has 0 aliphatic carbocycles. The molecule has 1 unspecified atom stereocenters. The van der Waals surface area contributed by atoms with Gasteiger partial charge in [-0.25, -0.2) is 5.43 Å². The van der Waals surface area contributed by atoms with Gasteiger partial charge in [-0.15, -0.1) is 0 Å². The minimum atomic E-state index is -0.0464. The Balaban J connectivity index is 2.04. The van der Waals surface area contributed by atoms with Crippen molar-refractivity contribution in [2.24, 2.45) is 5.10 Å². The fourth-order valence-electron chi connectivity index (χ4n) is 1.30. The van der Waals surface area contributed by atoms with E-state index in [2.05, 4.69) is 10.5 Å². The number of nitrogens with one attached hydrogen (secondary N) is 1. The van der Waals surface area contributed by atoms with Crippen molar-refractivity contribution in [2.75, 3.05) is 0 Å². The zero-order valence-corrected chi connectivity index (χ0v) is 8.33. The van der Waals surface area contributed by atoms with Gasteiger partial charge in [0.2, 0.25) is 0 Å². The highest BCUT2D eigenvalue weighted by Crippen LogP contribution is 2.16. The van der Waals surface area contributed by atoms with Crippen molar-refractivity contribution in [3.05, 3.63) is 35.9 Å². The van der Waals surface area contributed by atoms with Crippen molar-refractivity contribution in [1.82, 2.24) is 5.43 Å². The van der Waals surface area contributed by atoms with Crippen LogP contribution in [0.25, 0.3) is 0 Å². The van der Waals surface area contributed by atoms with Gasteiger partial charge in [0.25, 0.3) is 5.91 Å². The summed E-state index contributed by atoms with van der Waals surface area (Å²) in [5.41, 5.74) is 5.31. The third-order valence-electron chi connectivity index (χ3n) is 2.01. The molecule has 1 aromatic rings. The second kappa shape index (κ2) is 4.28. The number of hydrazone groups is 1. The van der Waals surface area contributed by atoms with E-state index in [0.29, 0.717) is 0 Å². The van der Waals surface area contributed by atoms with Gasteiger partial charge in [-0.2, -0.15) is 5.10 Å². The minimum Gasteiger partial charge on any atom is -0.272 e. The van der Waals surface area contributed by atoms with E-state index in [1.807, 2.05) is 30.3 Å². The topological polar surface area (TPSA) is 41.5 Å². The molecule has 0 aromatic heterocycles. The Kier molecular flexibility index (Phi) is 2.84. The molecule has 0 saturated carbocycles. The van der Waals surface area contributed by atoms with E-state index >= 15 is 0 Å². The Morgan fingerprint density at radius 3 is 2.86 bits per heavy atom. The summed E-state index contributed by atoms with van der Waals surface area (Å²) in [6.45, 7) is 0. The van der Waals surface area contributed by atoms with Crippen molar-refractivity contribution in [3.8, 4) is 0 Å². The van der Waals surface area contributed by atoms with Gasteiger partial charge in [0.05, 0.1) is 10.8 Å². The van der Waals surface area contributed by atoms with E-state index in [4.69, 9.17) is 0 Å². The molecule has 0 fully saturated rings. The number of hydrogen-bond acceptors (Lipinski definition) is 3. The van der Waals surface area contributed by atoms with Crippen LogP contribution < -0.4 is 5.43 Å². The lowest BCUT2D eigenvalue weighted by molar-refractivity contribution is -0.120. The van der Waals surface area contributed by atoms with E-state index in [9.17, 15) is 4.79 Å². The number of thioether (sulfide) groups is 1. The first kappa shape index (κ1) is 9.27. The van der Waals surface area contributed by atoms with Crippen LogP contribution in [0.15, 0.2) is 35.4 Å². The molecule has 2 rings (SSSR count). The van der Waals surface area contributed by atoms with Gasteiger partial charge in [0.1, 0.15) is 0 Å². The summed E-state index contributed by atoms with van der Waals surface area (Å²) < 4.78 is 0. The lowest BCUT2D eigenvalue weighted by Crippen LogP contribution is -2.33. The Morgan fingerprint density at radius 1 is 1.36 bits per heavy atom. The predicted octanol–water partition coefficient (Wildman–Crippen LogP) is 1.40. The van der Waals surface area contributed by atoms with Gasteiger partial charge in [0.15, 0.2) is 0 Å². The molecule has 1 heterocycles. The van der Waals surface area contributed by atoms with Gasteiger partial charge in [-0.3, -0.25) is 4.79 Å². The van der Waals surface area contributed by atoms with Crippen LogP contribution in [0.4, 0.5) is 0 Å². The number of nitrogens with zero attached hydrogens (tertiary/aromatic N) is 1. The molecule has 3 nitrogen and oxygen atoms in total. The van der Waals surface area contributed by atoms with Gasteiger partial charge in [-0.1, -0.05) is 42.1 Å². The third-order valence-corrected chi connectivity index (χ3v) is 2.95. The average molecular weight is 206 g/mol. The number of hydrogen-bond donors (Lipinski definition) is 1. The quantitative estimate of drug-likeness (QED) is 0.794. The molecule has 1 aliphatic heterocycles. The molecule has 1 atom stereocenters. The van der Waals surface area contributed by atoms with Gasteiger partial charge in [0, 0.05) is 0 Å². The zero-order chi connectivity index (χ0) is 9.80. The molecule has 1 amide bonds. The maximum Gasteiger partial charge on any atom is 0.253 e. The Labute approximate surface area is 86.6 Å². The van der Waals surface area contributed by atoms with Crippen LogP contribution in [-0.4, -0.2) is 16.7 Å². The number of amides is 1. The SMILES string of the molecule is O=C1NN=CSC1Cc1ccccc1. The van der Waals surface area contributed by atoms with Crippen molar-refractivity contribution in [3.63, 3.8) is 0 Å². The lowest BCUT2D eigenvalue weighted by atomic mass is 10.1. The highest BCUT2D eigenvalue weighted by atomic mass is 32.2.